The van der Waals surface area contributed by atoms with Crippen LogP contribution in [0.4, 0.5) is 0 Å². The summed E-state index contributed by atoms with van der Waals surface area (Å²) >= 11 is 1.68. The van der Waals surface area contributed by atoms with Crippen LogP contribution >= 0.6 is 11.8 Å². The predicted octanol–water partition coefficient (Wildman–Crippen LogP) is 1.40. The highest BCUT2D eigenvalue weighted by Gasteiger charge is 2.14. The first kappa shape index (κ1) is 14.2. The lowest BCUT2D eigenvalue weighted by molar-refractivity contribution is -0.141. The number of esters is 1. The van der Waals surface area contributed by atoms with Crippen LogP contribution in [-0.4, -0.2) is 37.2 Å². The molecule has 19 heavy (non-hydrogen) atoms. The average Bonchev–Trinajstić information content (AvgIpc) is 2.89. The van der Waals surface area contributed by atoms with Crippen molar-refractivity contribution in [1.82, 2.24) is 0 Å². The van der Waals surface area contributed by atoms with Crippen LogP contribution < -0.4 is 10.5 Å². The monoisotopic (exact) mass is 281 g/mol. The third-order valence-electron chi connectivity index (χ3n) is 3.09. The van der Waals surface area contributed by atoms with Crippen LogP contribution in [0.15, 0.2) is 18.2 Å². The number of carbonyl (C=O) groups excluding carboxylic acids is 1. The van der Waals surface area contributed by atoms with Crippen molar-refractivity contribution in [1.29, 1.82) is 0 Å². The summed E-state index contributed by atoms with van der Waals surface area (Å²) in [6.07, 6.45) is 1.98. The van der Waals surface area contributed by atoms with Gasteiger partial charge in [0.25, 0.3) is 0 Å². The Morgan fingerprint density at radius 3 is 3.21 bits per heavy atom. The topological polar surface area (TPSA) is 61.5 Å². The normalized spacial score (nSPS) is 14.6. The van der Waals surface area contributed by atoms with Crippen molar-refractivity contribution in [2.24, 2.45) is 5.73 Å². The van der Waals surface area contributed by atoms with Crippen LogP contribution in [0.3, 0.4) is 0 Å². The molecule has 5 heteroatoms. The summed E-state index contributed by atoms with van der Waals surface area (Å²) in [5.74, 6) is 2.22. The third kappa shape index (κ3) is 3.88. The number of rotatable bonds is 6. The Bertz CT molecular complexity index is 450. The van der Waals surface area contributed by atoms with Crippen LogP contribution in [0.2, 0.25) is 0 Å². The van der Waals surface area contributed by atoms with E-state index in [9.17, 15) is 4.79 Å². The van der Waals surface area contributed by atoms with Crippen molar-refractivity contribution >= 4 is 17.7 Å². The predicted molar refractivity (Wildman–Crippen MR) is 76.7 cm³/mol. The molecular formula is C14H19NO3S. The molecule has 1 aliphatic heterocycles. The third-order valence-corrected chi connectivity index (χ3v) is 4.18. The van der Waals surface area contributed by atoms with Gasteiger partial charge in [-0.05, 0) is 29.4 Å². The zero-order valence-corrected chi connectivity index (χ0v) is 11.9. The lowest BCUT2D eigenvalue weighted by Gasteiger charge is -2.09. The van der Waals surface area contributed by atoms with Crippen molar-refractivity contribution in [3.63, 3.8) is 0 Å². The van der Waals surface area contributed by atoms with E-state index in [4.69, 9.17) is 10.5 Å². The van der Waals surface area contributed by atoms with Gasteiger partial charge < -0.3 is 15.2 Å². The maximum absolute atomic E-state index is 11.1. The van der Waals surface area contributed by atoms with Gasteiger partial charge in [-0.25, -0.2) is 0 Å². The molecule has 0 bridgehead atoms. The van der Waals surface area contributed by atoms with E-state index in [1.165, 1.54) is 18.2 Å². The first-order valence-corrected chi connectivity index (χ1v) is 7.52. The fraction of sp³-hybridized carbons (Fsp3) is 0.500. The largest absolute Gasteiger partial charge is 0.493 e. The minimum Gasteiger partial charge on any atom is -0.493 e. The summed E-state index contributed by atoms with van der Waals surface area (Å²) in [5.41, 5.74) is 8.28. The Balaban J connectivity index is 1.73. The summed E-state index contributed by atoms with van der Waals surface area (Å²) in [4.78, 5) is 11.1. The maximum Gasteiger partial charge on any atom is 0.323 e. The van der Waals surface area contributed by atoms with Gasteiger partial charge in [0, 0.05) is 12.2 Å². The first-order chi connectivity index (χ1) is 9.20. The number of hydrogen-bond donors (Lipinski definition) is 1. The van der Waals surface area contributed by atoms with Gasteiger partial charge in [0.15, 0.2) is 0 Å². The fourth-order valence-corrected chi connectivity index (χ4v) is 2.95. The molecule has 0 aliphatic carbocycles. The Morgan fingerprint density at radius 2 is 2.42 bits per heavy atom. The summed E-state index contributed by atoms with van der Waals surface area (Å²) in [7, 11) is 1.36. The van der Waals surface area contributed by atoms with Crippen LogP contribution in [0.5, 0.6) is 5.75 Å². The van der Waals surface area contributed by atoms with Crippen molar-refractivity contribution in [3.05, 3.63) is 29.3 Å². The smallest absolute Gasteiger partial charge is 0.323 e. The molecular weight excluding hydrogens is 262 g/mol. The maximum atomic E-state index is 11.1. The number of nitrogens with two attached hydrogens (primary N) is 1. The molecule has 1 aromatic rings. The van der Waals surface area contributed by atoms with Crippen molar-refractivity contribution < 1.29 is 14.3 Å². The second-order valence-electron chi connectivity index (χ2n) is 4.50. The summed E-state index contributed by atoms with van der Waals surface area (Å²) in [6.45, 7) is 0.793. The van der Waals surface area contributed by atoms with Crippen molar-refractivity contribution in [2.45, 2.75) is 18.9 Å². The van der Waals surface area contributed by atoms with E-state index in [1.54, 1.807) is 11.8 Å². The Kier molecular flexibility index (Phi) is 5.10. The Labute approximate surface area is 117 Å². The molecule has 4 nitrogen and oxygen atoms in total. The molecule has 1 aromatic carbocycles. The van der Waals surface area contributed by atoms with E-state index < -0.39 is 6.04 Å². The first-order valence-electron chi connectivity index (χ1n) is 6.36. The summed E-state index contributed by atoms with van der Waals surface area (Å²) in [5, 5.41) is 0. The molecule has 0 saturated carbocycles. The highest BCUT2D eigenvalue weighted by molar-refractivity contribution is 7.99. The molecule has 104 valence electrons. The molecule has 1 unspecified atom stereocenters. The molecule has 1 atom stereocenters. The van der Waals surface area contributed by atoms with E-state index in [2.05, 4.69) is 16.9 Å². The number of methoxy groups -OCH3 is 1. The second-order valence-corrected chi connectivity index (χ2v) is 5.64. The quantitative estimate of drug-likeness (QED) is 0.631. The zero-order chi connectivity index (χ0) is 13.7. The molecule has 0 saturated heterocycles. The van der Waals surface area contributed by atoms with Crippen LogP contribution in [0, 0.1) is 0 Å². The number of aryl methyl sites for hydroxylation is 1. The number of ether oxygens (including phenoxy) is 2. The van der Waals surface area contributed by atoms with E-state index in [-0.39, 0.29) is 5.97 Å². The molecule has 0 spiro atoms. The van der Waals surface area contributed by atoms with Crippen LogP contribution in [0.25, 0.3) is 0 Å². The zero-order valence-electron chi connectivity index (χ0n) is 11.1. The van der Waals surface area contributed by atoms with Crippen molar-refractivity contribution in [3.8, 4) is 5.75 Å². The lowest BCUT2D eigenvalue weighted by Crippen LogP contribution is -2.34. The Morgan fingerprint density at radius 1 is 1.58 bits per heavy atom. The van der Waals surface area contributed by atoms with E-state index in [0.29, 0.717) is 5.75 Å². The molecule has 1 heterocycles. The standard InChI is InChI=1S/C14H19NO3S/c1-17-14(16)12(15)9-19-7-5-10-2-3-13-11(8-10)4-6-18-13/h2-3,8,12H,4-7,9,15H2,1H3. The van der Waals surface area contributed by atoms with Gasteiger partial charge in [-0.15, -0.1) is 0 Å². The Hall–Kier alpha value is -1.20. The van der Waals surface area contributed by atoms with Gasteiger partial charge in [-0.3, -0.25) is 4.79 Å². The van der Waals surface area contributed by atoms with Gasteiger partial charge in [-0.2, -0.15) is 11.8 Å². The highest BCUT2D eigenvalue weighted by atomic mass is 32.2. The number of hydrogen-bond acceptors (Lipinski definition) is 5. The fourth-order valence-electron chi connectivity index (χ4n) is 2.02. The minimum absolute atomic E-state index is 0.345. The highest BCUT2D eigenvalue weighted by Crippen LogP contribution is 2.26. The number of fused-ring (bicyclic) bond motifs is 1. The SMILES string of the molecule is COC(=O)C(N)CSCCc1ccc2c(c1)CCO2. The van der Waals surface area contributed by atoms with Gasteiger partial charge in [0.1, 0.15) is 11.8 Å². The summed E-state index contributed by atoms with van der Waals surface area (Å²) < 4.78 is 10.1. The van der Waals surface area contributed by atoms with Gasteiger partial charge >= 0.3 is 5.97 Å². The molecule has 2 N–H and O–H groups in total. The number of thioether (sulfide) groups is 1. The van der Waals surface area contributed by atoms with E-state index in [1.807, 2.05) is 6.07 Å². The minimum atomic E-state index is -0.525. The number of carbonyl (C=O) groups is 1. The van der Waals surface area contributed by atoms with E-state index >= 15 is 0 Å². The molecule has 2 rings (SSSR count). The second kappa shape index (κ2) is 6.82. The van der Waals surface area contributed by atoms with E-state index in [0.717, 1.165) is 31.0 Å². The van der Waals surface area contributed by atoms with Crippen LogP contribution in [-0.2, 0) is 22.4 Å². The molecule has 0 radical (unpaired) electrons. The molecule has 0 fully saturated rings. The van der Waals surface area contributed by atoms with Crippen molar-refractivity contribution in [2.75, 3.05) is 25.2 Å². The van der Waals surface area contributed by atoms with Gasteiger partial charge in [0.05, 0.1) is 13.7 Å². The lowest BCUT2D eigenvalue weighted by atomic mass is 10.1. The van der Waals surface area contributed by atoms with Gasteiger partial charge in [-0.1, -0.05) is 12.1 Å². The van der Waals surface area contributed by atoms with Crippen LogP contribution in [0.1, 0.15) is 11.1 Å². The molecule has 0 amide bonds. The number of benzene rings is 1. The average molecular weight is 281 g/mol. The summed E-state index contributed by atoms with van der Waals surface area (Å²) in [6, 6.07) is 5.83. The molecule has 1 aliphatic rings. The van der Waals surface area contributed by atoms with Gasteiger partial charge in [0.2, 0.25) is 0 Å². The molecule has 0 aromatic heterocycles.